The summed E-state index contributed by atoms with van der Waals surface area (Å²) in [7, 11) is 0. The van der Waals surface area contributed by atoms with E-state index in [1.165, 1.54) is 4.90 Å². The largest absolute Gasteiger partial charge is 0.372 e. The van der Waals surface area contributed by atoms with Crippen molar-refractivity contribution in [1.29, 1.82) is 0 Å². The Morgan fingerprint density at radius 3 is 2.13 bits per heavy atom. The summed E-state index contributed by atoms with van der Waals surface area (Å²) in [6.45, 7) is 9.63. The Hall–Kier alpha value is -2.50. The zero-order valence-electron chi connectivity index (χ0n) is 17.5. The van der Waals surface area contributed by atoms with Crippen LogP contribution in [0.5, 0.6) is 0 Å². The van der Waals surface area contributed by atoms with Crippen LogP contribution >= 0.6 is 23.2 Å². The van der Waals surface area contributed by atoms with Gasteiger partial charge in [-0.25, -0.2) is 0 Å². The molecular weight excluding hydrogens is 421 g/mol. The highest BCUT2D eigenvalue weighted by Crippen LogP contribution is 2.36. The maximum absolute atomic E-state index is 13.1. The molecule has 0 atom stereocenters. The van der Waals surface area contributed by atoms with Gasteiger partial charge in [0.25, 0.3) is 11.8 Å². The van der Waals surface area contributed by atoms with E-state index in [1.54, 1.807) is 32.0 Å². The highest BCUT2D eigenvalue weighted by Gasteiger charge is 2.41. The van der Waals surface area contributed by atoms with Gasteiger partial charge < -0.3 is 10.2 Å². The van der Waals surface area contributed by atoms with Crippen LogP contribution in [0.4, 0.5) is 11.4 Å². The van der Waals surface area contributed by atoms with Crippen molar-refractivity contribution in [2.75, 3.05) is 23.3 Å². The molecule has 0 spiro atoms. The van der Waals surface area contributed by atoms with Crippen LogP contribution < -0.4 is 10.2 Å². The molecule has 1 N–H and O–H groups in total. The van der Waals surface area contributed by atoms with Gasteiger partial charge in [0.1, 0.15) is 5.70 Å². The second-order valence-electron chi connectivity index (χ2n) is 7.29. The monoisotopic (exact) mass is 445 g/mol. The van der Waals surface area contributed by atoms with Crippen molar-refractivity contribution in [3.63, 3.8) is 0 Å². The van der Waals surface area contributed by atoms with Crippen LogP contribution in [0.2, 0.25) is 10.0 Å². The summed E-state index contributed by atoms with van der Waals surface area (Å²) in [6.07, 6.45) is 0. The Labute approximate surface area is 187 Å². The number of nitrogens with one attached hydrogen (secondary N) is 1. The van der Waals surface area contributed by atoms with E-state index in [0.717, 1.165) is 24.5 Å². The molecule has 30 heavy (non-hydrogen) atoms. The predicted octanol–water partition coefficient (Wildman–Crippen LogP) is 5.44. The minimum atomic E-state index is -0.374. The van der Waals surface area contributed by atoms with E-state index in [4.69, 9.17) is 23.2 Å². The van der Waals surface area contributed by atoms with Crippen molar-refractivity contribution >= 4 is 52.0 Å². The summed E-state index contributed by atoms with van der Waals surface area (Å²) in [6, 6.07) is 12.4. The number of rotatable bonds is 7. The van der Waals surface area contributed by atoms with Crippen molar-refractivity contribution in [1.82, 2.24) is 4.90 Å². The van der Waals surface area contributed by atoms with Crippen LogP contribution in [-0.2, 0) is 9.59 Å². The van der Waals surface area contributed by atoms with Crippen LogP contribution in [0.1, 0.15) is 33.3 Å². The molecule has 1 aliphatic heterocycles. The van der Waals surface area contributed by atoms with Crippen molar-refractivity contribution in [2.24, 2.45) is 0 Å². The molecule has 3 rings (SSSR count). The number of nitrogens with zero attached hydrogens (tertiary/aromatic N) is 2. The molecule has 0 aromatic heterocycles. The Morgan fingerprint density at radius 2 is 1.60 bits per heavy atom. The number of benzene rings is 2. The van der Waals surface area contributed by atoms with Crippen LogP contribution in [-0.4, -0.2) is 35.8 Å². The fraction of sp³-hybridized carbons (Fsp3) is 0.304. The number of hydrogen-bond donors (Lipinski definition) is 1. The molecule has 0 saturated heterocycles. The van der Waals surface area contributed by atoms with Gasteiger partial charge >= 0.3 is 0 Å². The first-order chi connectivity index (χ1) is 14.3. The van der Waals surface area contributed by atoms with Gasteiger partial charge in [-0.3, -0.25) is 14.5 Å². The topological polar surface area (TPSA) is 52.7 Å². The van der Waals surface area contributed by atoms with Gasteiger partial charge in [0, 0.05) is 41.1 Å². The fourth-order valence-electron chi connectivity index (χ4n) is 3.56. The third-order valence-corrected chi connectivity index (χ3v) is 5.65. The molecule has 2 amide bonds. The minimum absolute atomic E-state index is 0.216. The lowest BCUT2D eigenvalue weighted by Gasteiger charge is -2.21. The molecule has 5 nitrogen and oxygen atoms in total. The molecule has 0 fully saturated rings. The number of imide groups is 1. The number of anilines is 2. The summed E-state index contributed by atoms with van der Waals surface area (Å²) in [5.74, 6) is -0.745. The fourth-order valence-corrected chi connectivity index (χ4v) is 4.07. The van der Waals surface area contributed by atoms with Gasteiger partial charge in [-0.2, -0.15) is 0 Å². The number of carbonyl (C=O) groups excluding carboxylic acids is 2. The number of amides is 2. The molecular formula is C23H25Cl2N3O2. The summed E-state index contributed by atoms with van der Waals surface area (Å²) in [5, 5.41) is 3.94. The maximum atomic E-state index is 13.1. The van der Waals surface area contributed by atoms with E-state index in [-0.39, 0.29) is 29.1 Å². The van der Waals surface area contributed by atoms with E-state index >= 15 is 0 Å². The minimum Gasteiger partial charge on any atom is -0.372 e. The second-order valence-corrected chi connectivity index (χ2v) is 8.14. The average molecular weight is 446 g/mol. The van der Waals surface area contributed by atoms with E-state index in [0.29, 0.717) is 15.6 Å². The van der Waals surface area contributed by atoms with Crippen molar-refractivity contribution in [2.45, 2.75) is 33.7 Å². The van der Waals surface area contributed by atoms with Gasteiger partial charge in [0.15, 0.2) is 0 Å². The van der Waals surface area contributed by atoms with E-state index in [2.05, 4.69) is 24.1 Å². The lowest BCUT2D eigenvalue weighted by atomic mass is 10.0. The van der Waals surface area contributed by atoms with E-state index in [1.807, 2.05) is 24.3 Å². The molecule has 0 unspecified atom stereocenters. The summed E-state index contributed by atoms with van der Waals surface area (Å²) in [4.78, 5) is 29.7. The van der Waals surface area contributed by atoms with Crippen molar-refractivity contribution < 1.29 is 9.59 Å². The first kappa shape index (κ1) is 22.2. The summed E-state index contributed by atoms with van der Waals surface area (Å²) >= 11 is 12.4. The lowest BCUT2D eigenvalue weighted by molar-refractivity contribution is -0.138. The zero-order valence-corrected chi connectivity index (χ0v) is 19.0. The average Bonchev–Trinajstić information content (AvgIpc) is 2.94. The molecule has 0 radical (unpaired) electrons. The molecule has 1 aliphatic rings. The summed E-state index contributed by atoms with van der Waals surface area (Å²) in [5.41, 5.74) is 2.76. The SMILES string of the molecule is CCN(CC)c1ccc(NC2=C(c3ccc(Cl)cc3Cl)C(=O)N(C(C)C)C2=O)cc1. The first-order valence-corrected chi connectivity index (χ1v) is 10.7. The molecule has 7 heteroatoms. The maximum Gasteiger partial charge on any atom is 0.278 e. The van der Waals surface area contributed by atoms with Crippen LogP contribution in [0, 0.1) is 0 Å². The van der Waals surface area contributed by atoms with Crippen LogP contribution in [0.25, 0.3) is 5.57 Å². The van der Waals surface area contributed by atoms with Gasteiger partial charge in [0.05, 0.1) is 10.6 Å². The van der Waals surface area contributed by atoms with Crippen LogP contribution in [0.3, 0.4) is 0 Å². The highest BCUT2D eigenvalue weighted by molar-refractivity contribution is 6.41. The summed E-state index contributed by atoms with van der Waals surface area (Å²) < 4.78 is 0. The molecule has 0 saturated carbocycles. The molecule has 1 heterocycles. The zero-order chi connectivity index (χ0) is 22.0. The predicted molar refractivity (Wildman–Crippen MR) is 124 cm³/mol. The number of halogens is 2. The first-order valence-electron chi connectivity index (χ1n) is 9.98. The number of hydrogen-bond acceptors (Lipinski definition) is 4. The molecule has 158 valence electrons. The lowest BCUT2D eigenvalue weighted by Crippen LogP contribution is -2.38. The normalized spacial score (nSPS) is 14.2. The smallest absolute Gasteiger partial charge is 0.278 e. The van der Waals surface area contributed by atoms with Gasteiger partial charge in [-0.1, -0.05) is 29.3 Å². The van der Waals surface area contributed by atoms with E-state index in [9.17, 15) is 9.59 Å². The van der Waals surface area contributed by atoms with Crippen LogP contribution in [0.15, 0.2) is 48.2 Å². The Kier molecular flexibility index (Phi) is 6.74. The van der Waals surface area contributed by atoms with Gasteiger partial charge in [-0.05, 0) is 64.1 Å². The molecule has 0 bridgehead atoms. The molecule has 0 aliphatic carbocycles. The Morgan fingerprint density at radius 1 is 0.967 bits per heavy atom. The van der Waals surface area contributed by atoms with Gasteiger partial charge in [-0.15, -0.1) is 0 Å². The van der Waals surface area contributed by atoms with Crippen molar-refractivity contribution in [3.8, 4) is 0 Å². The highest BCUT2D eigenvalue weighted by atomic mass is 35.5. The third-order valence-electron chi connectivity index (χ3n) is 5.10. The second kappa shape index (κ2) is 9.11. The van der Waals surface area contributed by atoms with E-state index < -0.39 is 0 Å². The van der Waals surface area contributed by atoms with Crippen molar-refractivity contribution in [3.05, 3.63) is 63.8 Å². The van der Waals surface area contributed by atoms with Gasteiger partial charge in [0.2, 0.25) is 0 Å². The molecule has 2 aromatic rings. The Balaban J connectivity index is 2.04. The third kappa shape index (κ3) is 4.18. The quantitative estimate of drug-likeness (QED) is 0.576. The molecule has 2 aromatic carbocycles. The number of carbonyl (C=O) groups is 2. The standard InChI is InChI=1S/C23H25Cl2N3O2/c1-5-27(6-2)17-10-8-16(9-11-17)26-21-20(18-12-7-15(24)13-19(18)25)22(29)28(14(3)4)23(21)30/h7-14,26H,5-6H2,1-4H3. The Bertz CT molecular complexity index is 996.